The summed E-state index contributed by atoms with van der Waals surface area (Å²) in [5, 5.41) is 12.4. The number of carboxylic acids is 1. The molecular formula is C15H18N2O3. The lowest BCUT2D eigenvalue weighted by Crippen LogP contribution is -2.45. The molecule has 0 bridgehead atoms. The van der Waals surface area contributed by atoms with E-state index in [0.717, 1.165) is 30.5 Å². The van der Waals surface area contributed by atoms with Crippen molar-refractivity contribution in [3.8, 4) is 0 Å². The highest BCUT2D eigenvalue weighted by Gasteiger charge is 2.30. The topological polar surface area (TPSA) is 69.6 Å². The normalized spacial score (nSPS) is 21.6. The molecule has 5 heteroatoms. The minimum Gasteiger partial charge on any atom is -0.478 e. The molecule has 2 aliphatic rings. The third kappa shape index (κ3) is 2.29. The standard InChI is InChI=1S/C15H18N2O3/c18-14(13-5-2-7-16-13)17-8-6-11-10(9-17)3-1-4-12(11)15(19)20/h1,3-4,13,16H,2,5-9H2,(H,19,20)/t13-/m0/s1. The van der Waals surface area contributed by atoms with Crippen LogP contribution >= 0.6 is 0 Å². The van der Waals surface area contributed by atoms with Crippen LogP contribution in [0.4, 0.5) is 0 Å². The van der Waals surface area contributed by atoms with E-state index in [1.165, 1.54) is 0 Å². The summed E-state index contributed by atoms with van der Waals surface area (Å²) < 4.78 is 0. The van der Waals surface area contributed by atoms with Crippen LogP contribution in [-0.2, 0) is 17.8 Å². The molecule has 2 heterocycles. The van der Waals surface area contributed by atoms with E-state index in [4.69, 9.17) is 0 Å². The van der Waals surface area contributed by atoms with Crippen molar-refractivity contribution in [2.24, 2.45) is 0 Å². The van der Waals surface area contributed by atoms with E-state index in [2.05, 4.69) is 5.32 Å². The Kier molecular flexibility index (Phi) is 3.44. The lowest BCUT2D eigenvalue weighted by molar-refractivity contribution is -0.134. The SMILES string of the molecule is O=C(O)c1cccc2c1CCN(C(=O)[C@@H]1CCCN1)C2. The van der Waals surface area contributed by atoms with Crippen LogP contribution in [-0.4, -0.2) is 41.0 Å². The fourth-order valence-corrected chi connectivity index (χ4v) is 3.11. The Hall–Kier alpha value is -1.88. The Morgan fingerprint density at radius 2 is 2.20 bits per heavy atom. The maximum Gasteiger partial charge on any atom is 0.335 e. The summed E-state index contributed by atoms with van der Waals surface area (Å²) in [6.45, 7) is 2.03. The van der Waals surface area contributed by atoms with Gasteiger partial charge in [0, 0.05) is 13.1 Å². The predicted molar refractivity (Wildman–Crippen MR) is 73.5 cm³/mol. The first-order valence-electron chi connectivity index (χ1n) is 7.03. The van der Waals surface area contributed by atoms with Gasteiger partial charge in [-0.15, -0.1) is 0 Å². The number of benzene rings is 1. The van der Waals surface area contributed by atoms with E-state index in [1.54, 1.807) is 12.1 Å². The van der Waals surface area contributed by atoms with Gasteiger partial charge in [0.2, 0.25) is 5.91 Å². The summed E-state index contributed by atoms with van der Waals surface area (Å²) >= 11 is 0. The molecule has 0 unspecified atom stereocenters. The third-order valence-electron chi connectivity index (χ3n) is 4.17. The highest BCUT2D eigenvalue weighted by molar-refractivity contribution is 5.90. The summed E-state index contributed by atoms with van der Waals surface area (Å²) in [5.74, 6) is -0.743. The molecule has 1 atom stereocenters. The molecule has 106 valence electrons. The number of carbonyl (C=O) groups is 2. The van der Waals surface area contributed by atoms with Gasteiger partial charge in [-0.3, -0.25) is 4.79 Å². The largest absolute Gasteiger partial charge is 0.478 e. The molecule has 0 spiro atoms. The Morgan fingerprint density at radius 1 is 1.35 bits per heavy atom. The van der Waals surface area contributed by atoms with Crippen LogP contribution in [0.25, 0.3) is 0 Å². The molecule has 20 heavy (non-hydrogen) atoms. The summed E-state index contributed by atoms with van der Waals surface area (Å²) in [6, 6.07) is 5.25. The fraction of sp³-hybridized carbons (Fsp3) is 0.467. The van der Waals surface area contributed by atoms with Crippen molar-refractivity contribution in [3.63, 3.8) is 0 Å². The van der Waals surface area contributed by atoms with Crippen LogP contribution in [0.1, 0.15) is 34.3 Å². The van der Waals surface area contributed by atoms with Gasteiger partial charge in [0.25, 0.3) is 0 Å². The first kappa shape index (κ1) is 13.1. The summed E-state index contributed by atoms with van der Waals surface area (Å²) in [4.78, 5) is 25.4. The second-order valence-electron chi connectivity index (χ2n) is 5.41. The van der Waals surface area contributed by atoms with Crippen molar-refractivity contribution in [3.05, 3.63) is 34.9 Å². The van der Waals surface area contributed by atoms with Gasteiger partial charge < -0.3 is 15.3 Å². The Morgan fingerprint density at radius 3 is 2.90 bits per heavy atom. The zero-order valence-corrected chi connectivity index (χ0v) is 11.3. The molecule has 3 rings (SSSR count). The number of nitrogens with one attached hydrogen (secondary N) is 1. The number of carboxylic acid groups (broad SMARTS) is 1. The predicted octanol–water partition coefficient (Wildman–Crippen LogP) is 1.02. The Bertz CT molecular complexity index is 550. The van der Waals surface area contributed by atoms with Crippen molar-refractivity contribution in [2.45, 2.75) is 31.8 Å². The number of carbonyl (C=O) groups excluding carboxylic acids is 1. The summed E-state index contributed by atoms with van der Waals surface area (Å²) in [6.07, 6.45) is 2.57. The summed E-state index contributed by atoms with van der Waals surface area (Å²) in [7, 11) is 0. The highest BCUT2D eigenvalue weighted by atomic mass is 16.4. The minimum absolute atomic E-state index is 0.0563. The van der Waals surface area contributed by atoms with Crippen molar-refractivity contribution < 1.29 is 14.7 Å². The van der Waals surface area contributed by atoms with Crippen LogP contribution in [0.5, 0.6) is 0 Å². The van der Waals surface area contributed by atoms with Gasteiger partial charge in [0.1, 0.15) is 0 Å². The monoisotopic (exact) mass is 274 g/mol. The molecule has 0 aliphatic carbocycles. The van der Waals surface area contributed by atoms with Crippen LogP contribution in [0.2, 0.25) is 0 Å². The number of aromatic carboxylic acids is 1. The van der Waals surface area contributed by atoms with Gasteiger partial charge in [-0.2, -0.15) is 0 Å². The molecule has 2 N–H and O–H groups in total. The average molecular weight is 274 g/mol. The fourth-order valence-electron chi connectivity index (χ4n) is 3.11. The second kappa shape index (κ2) is 5.25. The smallest absolute Gasteiger partial charge is 0.335 e. The number of hydrogen-bond acceptors (Lipinski definition) is 3. The number of amides is 1. The van der Waals surface area contributed by atoms with E-state index >= 15 is 0 Å². The first-order valence-corrected chi connectivity index (χ1v) is 7.03. The zero-order chi connectivity index (χ0) is 14.1. The highest BCUT2D eigenvalue weighted by Crippen LogP contribution is 2.24. The van der Waals surface area contributed by atoms with Crippen molar-refractivity contribution >= 4 is 11.9 Å². The number of fused-ring (bicyclic) bond motifs is 1. The number of nitrogens with zero attached hydrogens (tertiary/aromatic N) is 1. The molecule has 1 amide bonds. The minimum atomic E-state index is -0.890. The molecule has 1 aromatic rings. The summed E-state index contributed by atoms with van der Waals surface area (Å²) in [5.41, 5.74) is 2.21. The maximum absolute atomic E-state index is 12.4. The Balaban J connectivity index is 1.80. The average Bonchev–Trinajstić information content (AvgIpc) is 2.99. The molecule has 0 saturated carbocycles. The molecule has 1 fully saturated rings. The third-order valence-corrected chi connectivity index (χ3v) is 4.17. The second-order valence-corrected chi connectivity index (χ2v) is 5.41. The Labute approximate surface area is 117 Å². The number of hydrogen-bond donors (Lipinski definition) is 2. The van der Waals surface area contributed by atoms with Crippen LogP contribution < -0.4 is 5.32 Å². The number of rotatable bonds is 2. The van der Waals surface area contributed by atoms with Gasteiger partial charge in [-0.1, -0.05) is 12.1 Å². The molecule has 1 saturated heterocycles. The first-order chi connectivity index (χ1) is 9.66. The van der Waals surface area contributed by atoms with Crippen molar-refractivity contribution in [1.29, 1.82) is 0 Å². The van der Waals surface area contributed by atoms with Crippen molar-refractivity contribution in [1.82, 2.24) is 10.2 Å². The van der Waals surface area contributed by atoms with Crippen molar-refractivity contribution in [2.75, 3.05) is 13.1 Å². The molecule has 1 aromatic carbocycles. The molecule has 2 aliphatic heterocycles. The van der Waals surface area contributed by atoms with Crippen LogP contribution in [0.15, 0.2) is 18.2 Å². The van der Waals surface area contributed by atoms with Crippen LogP contribution in [0.3, 0.4) is 0 Å². The van der Waals surface area contributed by atoms with E-state index in [1.807, 2.05) is 11.0 Å². The van der Waals surface area contributed by atoms with Gasteiger partial charge in [-0.05, 0) is 43.0 Å². The van der Waals surface area contributed by atoms with Gasteiger partial charge >= 0.3 is 5.97 Å². The lowest BCUT2D eigenvalue weighted by atomic mass is 9.94. The van der Waals surface area contributed by atoms with E-state index < -0.39 is 5.97 Å². The molecule has 5 nitrogen and oxygen atoms in total. The van der Waals surface area contributed by atoms with Gasteiger partial charge in [0.15, 0.2) is 0 Å². The van der Waals surface area contributed by atoms with E-state index in [0.29, 0.717) is 25.1 Å². The quantitative estimate of drug-likeness (QED) is 0.845. The lowest BCUT2D eigenvalue weighted by Gasteiger charge is -2.31. The van der Waals surface area contributed by atoms with Gasteiger partial charge in [-0.25, -0.2) is 4.79 Å². The molecule has 0 aromatic heterocycles. The van der Waals surface area contributed by atoms with E-state index in [-0.39, 0.29) is 11.9 Å². The van der Waals surface area contributed by atoms with Gasteiger partial charge in [0.05, 0.1) is 11.6 Å². The zero-order valence-electron chi connectivity index (χ0n) is 11.3. The molecule has 0 radical (unpaired) electrons. The molecular weight excluding hydrogens is 256 g/mol. The maximum atomic E-state index is 12.4. The van der Waals surface area contributed by atoms with E-state index in [9.17, 15) is 14.7 Å². The van der Waals surface area contributed by atoms with Crippen LogP contribution in [0, 0.1) is 0 Å².